The lowest BCUT2D eigenvalue weighted by Crippen LogP contribution is -2.54. The summed E-state index contributed by atoms with van der Waals surface area (Å²) in [6, 6.07) is 0.667. The largest absolute Gasteiger partial charge is 0.341 e. The summed E-state index contributed by atoms with van der Waals surface area (Å²) in [4.78, 5) is 18.3. The van der Waals surface area contributed by atoms with Gasteiger partial charge in [0.25, 0.3) is 0 Å². The first-order chi connectivity index (χ1) is 10.7. The Hall–Kier alpha value is -0.570. The molecule has 0 unspecified atom stereocenters. The molecule has 1 atom stereocenters. The summed E-state index contributed by atoms with van der Waals surface area (Å²) < 4.78 is 0. The van der Waals surface area contributed by atoms with Gasteiger partial charge < -0.3 is 4.90 Å². The van der Waals surface area contributed by atoms with E-state index in [2.05, 4.69) is 9.80 Å². The van der Waals surface area contributed by atoms with Crippen molar-refractivity contribution in [3.8, 4) is 0 Å². The zero-order valence-electron chi connectivity index (χ0n) is 13.8. The van der Waals surface area contributed by atoms with Gasteiger partial charge in [0.1, 0.15) is 0 Å². The van der Waals surface area contributed by atoms with Crippen LogP contribution in [0.1, 0.15) is 57.8 Å². The van der Waals surface area contributed by atoms with Gasteiger partial charge in [-0.05, 0) is 88.6 Å². The van der Waals surface area contributed by atoms with Gasteiger partial charge in [0.15, 0.2) is 0 Å². The van der Waals surface area contributed by atoms with Crippen LogP contribution in [0.3, 0.4) is 0 Å². The molecule has 3 heteroatoms. The Balaban J connectivity index is 1.30. The molecule has 1 amide bonds. The van der Waals surface area contributed by atoms with E-state index in [1.54, 1.807) is 0 Å². The molecule has 0 spiro atoms. The molecule has 2 aliphatic heterocycles. The van der Waals surface area contributed by atoms with E-state index in [1.807, 2.05) is 0 Å². The van der Waals surface area contributed by atoms with Gasteiger partial charge in [-0.2, -0.15) is 0 Å². The van der Waals surface area contributed by atoms with Crippen LogP contribution >= 0.6 is 0 Å². The highest BCUT2D eigenvalue weighted by molar-refractivity contribution is 5.83. The van der Waals surface area contributed by atoms with Crippen molar-refractivity contribution < 1.29 is 4.79 Å². The maximum atomic E-state index is 13.4. The Labute approximate surface area is 134 Å². The van der Waals surface area contributed by atoms with Crippen molar-refractivity contribution in [1.29, 1.82) is 0 Å². The number of amides is 1. The standard InChI is InChI=1S/C19H30N2O/c22-18(21-6-3-17(13-21)20-4-1-2-5-20)19-10-14-7-15(11-19)9-16(8-14)12-19/h14-17H,1-13H2/t14?,15?,16?,17-,19?/m1/s1. The smallest absolute Gasteiger partial charge is 0.228 e. The Bertz CT molecular complexity index is 433. The van der Waals surface area contributed by atoms with E-state index in [4.69, 9.17) is 0 Å². The third-order valence-electron chi connectivity index (χ3n) is 7.60. The topological polar surface area (TPSA) is 23.6 Å². The summed E-state index contributed by atoms with van der Waals surface area (Å²) >= 11 is 0. The molecule has 22 heavy (non-hydrogen) atoms. The van der Waals surface area contributed by atoms with Crippen molar-refractivity contribution in [2.75, 3.05) is 26.2 Å². The highest BCUT2D eigenvalue weighted by Crippen LogP contribution is 2.60. The van der Waals surface area contributed by atoms with E-state index in [1.165, 1.54) is 70.9 Å². The molecule has 4 saturated carbocycles. The van der Waals surface area contributed by atoms with Crippen LogP contribution in [0.2, 0.25) is 0 Å². The number of hydrogen-bond donors (Lipinski definition) is 0. The zero-order chi connectivity index (χ0) is 14.7. The second kappa shape index (κ2) is 4.96. The van der Waals surface area contributed by atoms with E-state index >= 15 is 0 Å². The Morgan fingerprint density at radius 1 is 0.864 bits per heavy atom. The first kappa shape index (κ1) is 13.8. The Kier molecular flexibility index (Phi) is 3.12. The summed E-state index contributed by atoms with van der Waals surface area (Å²) in [6.45, 7) is 4.59. The minimum atomic E-state index is 0.0780. The molecule has 0 N–H and O–H groups in total. The van der Waals surface area contributed by atoms with Crippen LogP contribution in [0.15, 0.2) is 0 Å². The molecule has 2 saturated heterocycles. The van der Waals surface area contributed by atoms with Gasteiger partial charge in [-0.25, -0.2) is 0 Å². The fourth-order valence-corrected chi connectivity index (χ4v) is 7.04. The summed E-state index contributed by atoms with van der Waals surface area (Å²) in [5.74, 6) is 3.21. The Morgan fingerprint density at radius 2 is 1.45 bits per heavy atom. The minimum absolute atomic E-state index is 0.0780. The van der Waals surface area contributed by atoms with Crippen LogP contribution in [0, 0.1) is 23.2 Å². The quantitative estimate of drug-likeness (QED) is 0.783. The third kappa shape index (κ3) is 2.07. The van der Waals surface area contributed by atoms with Crippen LogP contribution in [-0.4, -0.2) is 47.9 Å². The van der Waals surface area contributed by atoms with Gasteiger partial charge in [0.2, 0.25) is 5.91 Å². The highest BCUT2D eigenvalue weighted by Gasteiger charge is 2.56. The normalized spacial score (nSPS) is 47.5. The molecule has 6 aliphatic rings. The molecular weight excluding hydrogens is 272 g/mol. The maximum absolute atomic E-state index is 13.4. The lowest BCUT2D eigenvalue weighted by molar-refractivity contribution is -0.156. The summed E-state index contributed by atoms with van der Waals surface area (Å²) in [6.07, 6.45) is 11.9. The van der Waals surface area contributed by atoms with E-state index in [0.717, 1.165) is 30.8 Å². The van der Waals surface area contributed by atoms with E-state index in [9.17, 15) is 4.79 Å². The second-order valence-electron chi connectivity index (χ2n) is 9.13. The van der Waals surface area contributed by atoms with Gasteiger partial charge in [-0.1, -0.05) is 0 Å². The zero-order valence-corrected chi connectivity index (χ0v) is 13.8. The van der Waals surface area contributed by atoms with Gasteiger partial charge in [-0.15, -0.1) is 0 Å². The van der Waals surface area contributed by atoms with Crippen molar-refractivity contribution in [2.24, 2.45) is 23.2 Å². The van der Waals surface area contributed by atoms with Crippen molar-refractivity contribution in [3.05, 3.63) is 0 Å². The lowest BCUT2D eigenvalue weighted by atomic mass is 9.49. The van der Waals surface area contributed by atoms with Crippen LogP contribution < -0.4 is 0 Å². The lowest BCUT2D eigenvalue weighted by Gasteiger charge is -2.56. The number of likely N-dealkylation sites (tertiary alicyclic amines) is 2. The van der Waals surface area contributed by atoms with Crippen LogP contribution in [0.5, 0.6) is 0 Å². The average Bonchev–Trinajstić information content (AvgIpc) is 3.16. The fraction of sp³-hybridized carbons (Fsp3) is 0.947. The molecule has 4 aliphatic carbocycles. The second-order valence-corrected chi connectivity index (χ2v) is 9.13. The van der Waals surface area contributed by atoms with Crippen molar-refractivity contribution in [3.63, 3.8) is 0 Å². The molecule has 0 aromatic heterocycles. The Morgan fingerprint density at radius 3 is 2.05 bits per heavy atom. The number of nitrogens with zero attached hydrogens (tertiary/aromatic N) is 2. The maximum Gasteiger partial charge on any atom is 0.228 e. The predicted molar refractivity (Wildman–Crippen MR) is 86.4 cm³/mol. The molecule has 0 aromatic carbocycles. The van der Waals surface area contributed by atoms with Crippen LogP contribution in [0.4, 0.5) is 0 Å². The van der Waals surface area contributed by atoms with Crippen molar-refractivity contribution in [1.82, 2.24) is 9.80 Å². The number of carbonyl (C=O) groups excluding carboxylic acids is 1. The average molecular weight is 302 g/mol. The summed E-state index contributed by atoms with van der Waals surface area (Å²) in [7, 11) is 0. The van der Waals surface area contributed by atoms with Gasteiger partial charge in [0, 0.05) is 19.1 Å². The number of rotatable bonds is 2. The molecule has 6 fully saturated rings. The van der Waals surface area contributed by atoms with Gasteiger partial charge >= 0.3 is 0 Å². The molecule has 6 rings (SSSR count). The molecule has 2 heterocycles. The molecular formula is C19H30N2O. The molecule has 0 aromatic rings. The van der Waals surface area contributed by atoms with Crippen molar-refractivity contribution >= 4 is 5.91 Å². The van der Waals surface area contributed by atoms with Crippen molar-refractivity contribution in [2.45, 2.75) is 63.8 Å². The molecule has 3 nitrogen and oxygen atoms in total. The molecule has 0 radical (unpaired) electrons. The highest BCUT2D eigenvalue weighted by atomic mass is 16.2. The summed E-state index contributed by atoms with van der Waals surface area (Å²) in [5, 5.41) is 0. The van der Waals surface area contributed by atoms with Gasteiger partial charge in [0.05, 0.1) is 5.41 Å². The van der Waals surface area contributed by atoms with E-state index < -0.39 is 0 Å². The molecule has 122 valence electrons. The molecule has 4 bridgehead atoms. The first-order valence-electron chi connectivity index (χ1n) is 9.75. The third-order valence-corrected chi connectivity index (χ3v) is 7.60. The number of carbonyl (C=O) groups is 1. The summed E-state index contributed by atoms with van der Waals surface area (Å²) in [5.41, 5.74) is 0.0780. The number of hydrogen-bond acceptors (Lipinski definition) is 2. The van der Waals surface area contributed by atoms with E-state index in [0.29, 0.717) is 11.9 Å². The van der Waals surface area contributed by atoms with Crippen LogP contribution in [0.25, 0.3) is 0 Å². The van der Waals surface area contributed by atoms with Crippen LogP contribution in [-0.2, 0) is 4.79 Å². The predicted octanol–water partition coefficient (Wildman–Crippen LogP) is 2.90. The minimum Gasteiger partial charge on any atom is -0.341 e. The van der Waals surface area contributed by atoms with Gasteiger partial charge in [-0.3, -0.25) is 9.69 Å². The fourth-order valence-electron chi connectivity index (χ4n) is 7.04. The SMILES string of the molecule is O=C(N1CC[C@@H](N2CCCC2)C1)C12CC3CC(CC(C3)C1)C2. The monoisotopic (exact) mass is 302 g/mol. The first-order valence-corrected chi connectivity index (χ1v) is 9.75. The van der Waals surface area contributed by atoms with E-state index in [-0.39, 0.29) is 5.41 Å².